The van der Waals surface area contributed by atoms with E-state index in [9.17, 15) is 24.0 Å². The predicted molar refractivity (Wildman–Crippen MR) is 238 cm³/mol. The van der Waals surface area contributed by atoms with Crippen molar-refractivity contribution >= 4 is 53.1 Å². The molecule has 2 unspecified atom stereocenters. The van der Waals surface area contributed by atoms with Crippen molar-refractivity contribution in [3.05, 3.63) is 100 Å². The first-order valence-corrected chi connectivity index (χ1v) is 23.4. The van der Waals surface area contributed by atoms with E-state index in [-0.39, 0.29) is 80.9 Å². The minimum atomic E-state index is -0.507. The molecule has 13 heteroatoms. The molecule has 4 aliphatic rings. The van der Waals surface area contributed by atoms with Crippen molar-refractivity contribution in [1.29, 1.82) is 0 Å². The summed E-state index contributed by atoms with van der Waals surface area (Å²) in [6.45, 7) is 7.33. The van der Waals surface area contributed by atoms with Gasteiger partial charge in [-0.15, -0.1) is 11.8 Å². The number of ketones is 1. The summed E-state index contributed by atoms with van der Waals surface area (Å²) >= 11 is 3.45. The third kappa shape index (κ3) is 12.7. The molecule has 0 aromatic heterocycles. The van der Waals surface area contributed by atoms with Crippen molar-refractivity contribution < 1.29 is 42.9 Å². The normalized spacial score (nSPS) is 18.6. The van der Waals surface area contributed by atoms with E-state index in [4.69, 9.17) is 18.9 Å². The molecule has 0 radical (unpaired) electrons. The van der Waals surface area contributed by atoms with E-state index in [1.165, 1.54) is 25.8 Å². The zero-order valence-corrected chi connectivity index (χ0v) is 37.2. The number of esters is 2. The van der Waals surface area contributed by atoms with Gasteiger partial charge in [-0.3, -0.25) is 24.0 Å². The minimum absolute atomic E-state index is 0.0164. The van der Waals surface area contributed by atoms with Gasteiger partial charge in [-0.2, -0.15) is 0 Å². The largest absolute Gasteiger partial charge is 0.484 e. The fourth-order valence-corrected chi connectivity index (χ4v) is 10.2. The second kappa shape index (κ2) is 23.0. The number of rotatable bonds is 22. The van der Waals surface area contributed by atoms with E-state index in [0.29, 0.717) is 56.0 Å². The Morgan fingerprint density at radius 3 is 2.43 bits per heavy atom. The third-order valence-electron chi connectivity index (χ3n) is 11.1. The number of Topliss-reactive ketones (excluding diaryl/α,β-unsaturated/α-hetero) is 1. The van der Waals surface area contributed by atoms with E-state index >= 15 is 0 Å². The van der Waals surface area contributed by atoms with Crippen LogP contribution in [0, 0.1) is 0 Å². The Labute approximate surface area is 368 Å². The van der Waals surface area contributed by atoms with Gasteiger partial charge in [0.15, 0.2) is 12.4 Å². The number of carbonyl (C=O) groups excluding carboxylic acids is 5. The number of hydrogen-bond acceptors (Lipinski definition) is 11. The number of amides is 2. The predicted octanol–water partition coefficient (Wildman–Crippen LogP) is 8.63. The van der Waals surface area contributed by atoms with Gasteiger partial charge in [0.1, 0.15) is 18.9 Å². The van der Waals surface area contributed by atoms with Crippen molar-refractivity contribution in [3.8, 4) is 5.75 Å². The zero-order valence-electron chi connectivity index (χ0n) is 35.6. The number of hydrogen-bond donors (Lipinski definition) is 0. The van der Waals surface area contributed by atoms with Gasteiger partial charge in [-0.25, -0.2) is 0 Å². The molecule has 2 heterocycles. The van der Waals surface area contributed by atoms with Crippen molar-refractivity contribution in [2.24, 2.45) is 0 Å². The quantitative estimate of drug-likeness (QED) is 0.0834. The number of nitrogens with zero attached hydrogens (tertiary/aromatic N) is 2. The summed E-state index contributed by atoms with van der Waals surface area (Å²) in [6, 6.07) is 13.8. The number of fused-ring (bicyclic) bond motifs is 3. The molecule has 2 aromatic carbocycles. The Balaban J connectivity index is 0.831. The van der Waals surface area contributed by atoms with E-state index in [1.807, 2.05) is 31.2 Å². The maximum atomic E-state index is 13.2. The molecule has 6 rings (SSSR count). The lowest BCUT2D eigenvalue weighted by Gasteiger charge is -2.32. The maximum Gasteiger partial charge on any atom is 0.325 e. The standard InChI is InChI=1S/C48H58N2O9S2/c1-4-6-24-49(44(51)31-58-34-18-20-42-38(28-34)33(3)36-14-8-10-16-40(36)60-42)25-22-46(53)56-26-12-7-13-27-57-47(54)30-50(23-5-2)45(52)32-59-35-19-21-43-39(29-35)48(55)37-15-9-11-17-41(37)61-43/h8-11,14-16,18-21,29,33-34,41H,4-7,12-13,17,22-28,30-32H2,1-3H3/t33?,34-,41?/m1/s1. The summed E-state index contributed by atoms with van der Waals surface area (Å²) in [7, 11) is 0. The van der Waals surface area contributed by atoms with E-state index < -0.39 is 5.97 Å². The monoisotopic (exact) mass is 870 g/mol. The van der Waals surface area contributed by atoms with Crippen LogP contribution in [0.1, 0.15) is 100 Å². The summed E-state index contributed by atoms with van der Waals surface area (Å²) in [5, 5.41) is 0.123. The van der Waals surface area contributed by atoms with Crippen LogP contribution in [0.15, 0.2) is 98.7 Å². The van der Waals surface area contributed by atoms with Gasteiger partial charge in [-0.1, -0.05) is 81.5 Å². The van der Waals surface area contributed by atoms with Gasteiger partial charge in [0.25, 0.3) is 5.91 Å². The van der Waals surface area contributed by atoms with Gasteiger partial charge in [0.2, 0.25) is 5.91 Å². The van der Waals surface area contributed by atoms with Crippen molar-refractivity contribution in [1.82, 2.24) is 9.80 Å². The molecule has 0 saturated heterocycles. The Morgan fingerprint density at radius 2 is 1.62 bits per heavy atom. The van der Waals surface area contributed by atoms with Crippen LogP contribution in [0.25, 0.3) is 0 Å². The highest BCUT2D eigenvalue weighted by Crippen LogP contribution is 2.48. The Bertz CT molecular complexity index is 2040. The molecular formula is C48H58N2O9S2. The van der Waals surface area contributed by atoms with Gasteiger partial charge in [0.05, 0.1) is 25.7 Å². The van der Waals surface area contributed by atoms with Crippen LogP contribution >= 0.6 is 23.5 Å². The summed E-state index contributed by atoms with van der Waals surface area (Å²) in [5.74, 6) is -0.649. The number of thioether (sulfide) groups is 2. The van der Waals surface area contributed by atoms with Crippen LogP contribution in [-0.2, 0) is 33.4 Å². The van der Waals surface area contributed by atoms with Crippen molar-refractivity contribution in [2.75, 3.05) is 52.6 Å². The molecule has 0 spiro atoms. The molecular weight excluding hydrogens is 813 g/mol. The number of unbranched alkanes of at least 4 members (excludes halogenated alkanes) is 3. The van der Waals surface area contributed by atoms with Gasteiger partial charge >= 0.3 is 11.9 Å². The highest BCUT2D eigenvalue weighted by atomic mass is 32.2. The van der Waals surface area contributed by atoms with Gasteiger partial charge in [-0.05, 0) is 80.0 Å². The second-order valence-corrected chi connectivity index (χ2v) is 18.0. The maximum absolute atomic E-state index is 13.2. The van der Waals surface area contributed by atoms with Crippen LogP contribution in [0.2, 0.25) is 0 Å². The van der Waals surface area contributed by atoms with Crippen LogP contribution in [-0.4, -0.2) is 103 Å². The number of carbonyl (C=O) groups is 5. The van der Waals surface area contributed by atoms with E-state index in [0.717, 1.165) is 36.2 Å². The fraction of sp³-hybridized carbons (Fsp3) is 0.479. The lowest BCUT2D eigenvalue weighted by atomic mass is 9.86. The van der Waals surface area contributed by atoms with Crippen LogP contribution in [0.3, 0.4) is 0 Å². The first kappa shape index (κ1) is 45.9. The molecule has 0 bridgehead atoms. The van der Waals surface area contributed by atoms with Crippen LogP contribution < -0.4 is 4.74 Å². The fourth-order valence-electron chi connectivity index (χ4n) is 7.69. The second-order valence-electron chi connectivity index (χ2n) is 15.6. The molecule has 2 amide bonds. The number of benzene rings is 2. The number of ether oxygens (including phenoxy) is 4. The average Bonchev–Trinajstić information content (AvgIpc) is 3.27. The van der Waals surface area contributed by atoms with Crippen LogP contribution in [0.5, 0.6) is 5.75 Å². The number of allylic oxidation sites excluding steroid dienone is 4. The zero-order chi connectivity index (χ0) is 43.1. The molecule has 2 aliphatic carbocycles. The molecule has 3 atom stereocenters. The SMILES string of the molecule is CCCCN(CCC(=O)OCCCCCOC(=O)CN(CCC)C(=O)COc1ccc2c(c1)C(=O)C1=CC=CCC1S2)C(=O)CO[C@@H]1C=CC2=C(C1)C(C)c1ccccc1S2. The van der Waals surface area contributed by atoms with Crippen molar-refractivity contribution in [2.45, 2.75) is 106 Å². The molecule has 2 aromatic rings. The molecule has 11 nitrogen and oxygen atoms in total. The molecule has 2 aliphatic heterocycles. The first-order valence-electron chi connectivity index (χ1n) is 21.7. The van der Waals surface area contributed by atoms with Gasteiger partial charge in [0, 0.05) is 63.1 Å². The summed E-state index contributed by atoms with van der Waals surface area (Å²) in [5.41, 5.74) is 4.03. The molecule has 0 fully saturated rings. The molecule has 0 N–H and O–H groups in total. The smallest absolute Gasteiger partial charge is 0.325 e. The van der Waals surface area contributed by atoms with Gasteiger partial charge < -0.3 is 28.7 Å². The van der Waals surface area contributed by atoms with Crippen LogP contribution in [0.4, 0.5) is 0 Å². The summed E-state index contributed by atoms with van der Waals surface area (Å²) < 4.78 is 22.8. The molecule has 326 valence electrons. The lowest BCUT2D eigenvalue weighted by Crippen LogP contribution is -2.40. The average molecular weight is 871 g/mol. The molecule has 0 saturated carbocycles. The van der Waals surface area contributed by atoms with E-state index in [1.54, 1.807) is 40.6 Å². The Hall–Kier alpha value is -4.59. The van der Waals surface area contributed by atoms with Crippen molar-refractivity contribution in [3.63, 3.8) is 0 Å². The highest BCUT2D eigenvalue weighted by Gasteiger charge is 2.32. The summed E-state index contributed by atoms with van der Waals surface area (Å²) in [6.07, 6.45) is 15.8. The third-order valence-corrected chi connectivity index (χ3v) is 13.7. The molecule has 61 heavy (non-hydrogen) atoms. The minimum Gasteiger partial charge on any atom is -0.484 e. The Morgan fingerprint density at radius 1 is 0.836 bits per heavy atom. The topological polar surface area (TPSA) is 129 Å². The first-order chi connectivity index (χ1) is 29.6. The Kier molecular flexibility index (Phi) is 17.3. The van der Waals surface area contributed by atoms with E-state index in [2.05, 4.69) is 50.3 Å². The highest BCUT2D eigenvalue weighted by molar-refractivity contribution is 8.03. The summed E-state index contributed by atoms with van der Waals surface area (Å²) in [4.78, 5) is 71.2. The lowest BCUT2D eigenvalue weighted by molar-refractivity contribution is -0.150.